The zero-order valence-electron chi connectivity index (χ0n) is 99.8. The van der Waals surface area contributed by atoms with Crippen molar-refractivity contribution in [1.29, 1.82) is 0 Å². The second-order valence-electron chi connectivity index (χ2n) is 61.5. The number of allylic oxidation sites excluding steroid dienone is 2. The molecule has 0 aromatic carbocycles. The average molecular weight is 2030 g/mol. The third kappa shape index (κ3) is 21.8. The molecule has 44 unspecified atom stereocenters. The predicted octanol–water partition coefficient (Wildman–Crippen LogP) is 36.0. The number of rotatable bonds is 24. The summed E-state index contributed by atoms with van der Waals surface area (Å²) in [6.07, 6.45) is 69.5. The Morgan fingerprint density at radius 2 is 0.781 bits per heavy atom. The van der Waals surface area contributed by atoms with Gasteiger partial charge in [0.1, 0.15) is 30.2 Å². The van der Waals surface area contributed by atoms with Crippen LogP contribution in [-0.2, 0) is 47.8 Å². The number of ether oxygens (including phenoxy) is 4. The van der Waals surface area contributed by atoms with Gasteiger partial charge in [0.15, 0.2) is 0 Å². The van der Waals surface area contributed by atoms with Gasteiger partial charge < -0.3 is 18.9 Å². The fourth-order valence-corrected chi connectivity index (χ4v) is 46.0. The van der Waals surface area contributed by atoms with E-state index in [1.54, 1.807) is 51.9 Å². The molecular weight excluding hydrogens is 1800 g/mol. The Kier molecular flexibility index (Phi) is 36.8. The van der Waals surface area contributed by atoms with Crippen LogP contribution in [0, 0.1) is 261 Å². The van der Waals surface area contributed by atoms with Crippen molar-refractivity contribution >= 4 is 30.2 Å². The number of esters is 3. The Balaban J connectivity index is 0.000000131. The smallest absolute Gasteiger partial charge is 0.302 e. The Hall–Kier alpha value is -2.79. The number of carbonyl (C=O) groups is 5. The standard InChI is InChI=1S/C30H48O6.C28H50.C28H48.C27H46O4.C22H36O/c1-8-9-17(2)23-10-11-24-28-25(16-27(30(23,24)7)36-20(5)33)29(6)13-12-22(34-18(3)31)14-21(29)15-26(28)35-19(4)32;2*1-19(2)8-7-9-21(4)24-12-13-25-23-11-10-22-18-20(3)14-16-27(22,5)26(23)15-17-28(24,25)6;1-6-7-18(3)21-8-9-22-25-23(13-20(15-31-29)27(21,22)5)26(4)11-10-17(2)12-19(26)14-24(25)30-16-28;1-14-9-11-21(3)16(13-14)5-6-17-19-8-7-18(15(2)23)22(19,4)12-10-20(17)21/h17,21-28H,8-16H2,1-7H3;19-26H,7-18H2,1-6H3;10,19-21,23-26H,7-9,11-18H2,1-6H3;16-25,29H,6-15H2,1-5H3;14,16-20H,5-13H2,1-4H3/t;20-,21?,22?,23?,24?,25?,26?,27?,28?;20-,21?,23?,24?,25?,26?,27?,28?;;14-,16?,17?,18?,19?,20?,21?,22?/m.11.1/s1. The predicted molar refractivity (Wildman–Crippen MR) is 598 cm³/mol. The van der Waals surface area contributed by atoms with Crippen molar-refractivity contribution in [3.63, 3.8) is 0 Å². The summed E-state index contributed by atoms with van der Waals surface area (Å²) in [6.45, 7) is 67.4. The largest absolute Gasteiger partial charge is 0.464 e. The second-order valence-corrected chi connectivity index (χ2v) is 61.5. The first-order chi connectivity index (χ1) is 69.1. The van der Waals surface area contributed by atoms with Crippen molar-refractivity contribution in [1.82, 2.24) is 0 Å². The van der Waals surface area contributed by atoms with Crippen molar-refractivity contribution in [2.45, 2.75) is 539 Å². The van der Waals surface area contributed by atoms with E-state index in [2.05, 4.69) is 172 Å². The van der Waals surface area contributed by atoms with E-state index >= 15 is 0 Å². The molecule has 19 saturated carbocycles. The van der Waals surface area contributed by atoms with Crippen LogP contribution in [0.15, 0.2) is 11.6 Å². The number of hydrogen-bond acceptors (Lipinski definition) is 11. The number of ketones is 1. The minimum absolute atomic E-state index is 0.0464. The summed E-state index contributed by atoms with van der Waals surface area (Å²) in [5.74, 6) is 26.7. The maximum Gasteiger partial charge on any atom is 0.302 e. The molecule has 20 rings (SSSR count). The maximum atomic E-state index is 12.4. The minimum Gasteiger partial charge on any atom is -0.464 e. The molecule has 0 radical (unpaired) electrons. The van der Waals surface area contributed by atoms with Gasteiger partial charge in [0.25, 0.3) is 6.47 Å². The average Bonchev–Trinajstić information content (AvgIpc) is 1.41. The van der Waals surface area contributed by atoms with Gasteiger partial charge in [0.05, 0.1) is 6.61 Å². The zero-order chi connectivity index (χ0) is 105. The molecule has 0 heterocycles. The lowest BCUT2D eigenvalue weighted by Crippen LogP contribution is -2.63. The summed E-state index contributed by atoms with van der Waals surface area (Å²) in [5.41, 5.74) is 5.77. The van der Waals surface area contributed by atoms with Crippen LogP contribution < -0.4 is 0 Å². The van der Waals surface area contributed by atoms with E-state index < -0.39 is 0 Å². The van der Waals surface area contributed by atoms with E-state index in [0.29, 0.717) is 127 Å². The molecule has 19 fully saturated rings. The van der Waals surface area contributed by atoms with Crippen molar-refractivity contribution in [2.75, 3.05) is 6.61 Å². The van der Waals surface area contributed by atoms with Crippen LogP contribution in [0.5, 0.6) is 0 Å². The van der Waals surface area contributed by atoms with Crippen molar-refractivity contribution < 1.29 is 53.1 Å². The monoisotopic (exact) mass is 2030 g/mol. The highest BCUT2D eigenvalue weighted by atomic mass is 17.1. The normalized spacial score (nSPS) is 48.8. The van der Waals surface area contributed by atoms with E-state index in [-0.39, 0.29) is 64.5 Å². The lowest BCUT2D eigenvalue weighted by molar-refractivity contribution is -0.276. The number of carbonyl (C=O) groups excluding carboxylic acids is 5. The summed E-state index contributed by atoms with van der Waals surface area (Å²) in [6, 6.07) is 0. The Morgan fingerprint density at radius 3 is 1.29 bits per heavy atom. The van der Waals surface area contributed by atoms with E-state index in [9.17, 15) is 29.2 Å². The quantitative estimate of drug-likeness (QED) is 0.0245. The van der Waals surface area contributed by atoms with E-state index in [1.165, 1.54) is 226 Å². The highest BCUT2D eigenvalue weighted by Gasteiger charge is 2.72. The van der Waals surface area contributed by atoms with Crippen LogP contribution in [-0.4, -0.2) is 66.4 Å². The van der Waals surface area contributed by atoms with Gasteiger partial charge in [0, 0.05) is 43.9 Å². The first-order valence-electron chi connectivity index (χ1n) is 64.2. The third-order valence-electron chi connectivity index (χ3n) is 53.5. The first kappa shape index (κ1) is 116. The Bertz CT molecular complexity index is 4350. The lowest BCUT2D eigenvalue weighted by Gasteiger charge is -2.64. The summed E-state index contributed by atoms with van der Waals surface area (Å²) in [4.78, 5) is 65.0. The van der Waals surface area contributed by atoms with Gasteiger partial charge >= 0.3 is 17.9 Å². The molecule has 1 N–H and O–H groups in total. The number of Topliss-reactive ketones (excluding diaryl/α,β-unsaturated/α-hetero) is 1. The third-order valence-corrected chi connectivity index (χ3v) is 53.5. The maximum absolute atomic E-state index is 12.4. The Morgan fingerprint density at radius 1 is 0.370 bits per heavy atom. The minimum atomic E-state index is -0.227. The molecule has 834 valence electrons. The topological polar surface area (TPSA) is 152 Å². The van der Waals surface area contributed by atoms with Gasteiger partial charge in [-0.05, 0) is 483 Å². The molecule has 0 aromatic rings. The van der Waals surface area contributed by atoms with Crippen LogP contribution in [0.4, 0.5) is 0 Å². The molecule has 20 aliphatic rings. The molecule has 47 atom stereocenters. The molecule has 0 saturated heterocycles. The molecule has 11 nitrogen and oxygen atoms in total. The summed E-state index contributed by atoms with van der Waals surface area (Å²) in [5, 5.41) is 9.57. The summed E-state index contributed by atoms with van der Waals surface area (Å²) in [7, 11) is 0. The van der Waals surface area contributed by atoms with E-state index in [0.717, 1.165) is 195 Å². The van der Waals surface area contributed by atoms with Crippen LogP contribution in [0.25, 0.3) is 0 Å². The van der Waals surface area contributed by atoms with E-state index in [1.807, 2.05) is 12.5 Å². The highest BCUT2D eigenvalue weighted by molar-refractivity contribution is 5.79. The molecule has 0 bridgehead atoms. The fraction of sp³-hybridized carbons (Fsp3) is 0.948. The molecular formula is C135H228O11. The molecule has 0 amide bonds. The van der Waals surface area contributed by atoms with Gasteiger partial charge in [-0.2, -0.15) is 0 Å². The van der Waals surface area contributed by atoms with Crippen LogP contribution in [0.1, 0.15) is 515 Å². The number of fused-ring (bicyclic) bond motifs is 25. The van der Waals surface area contributed by atoms with Crippen molar-refractivity contribution in [3.8, 4) is 0 Å². The second kappa shape index (κ2) is 46.4. The zero-order valence-corrected chi connectivity index (χ0v) is 99.8. The highest BCUT2D eigenvalue weighted by Crippen LogP contribution is 2.77. The van der Waals surface area contributed by atoms with Gasteiger partial charge in [0.2, 0.25) is 0 Å². The summed E-state index contributed by atoms with van der Waals surface area (Å²) < 4.78 is 23.9. The number of hydrogen-bond donors (Lipinski definition) is 1. The van der Waals surface area contributed by atoms with Gasteiger partial charge in [-0.1, -0.05) is 261 Å². The van der Waals surface area contributed by atoms with Gasteiger partial charge in [-0.3, -0.25) is 29.2 Å². The molecule has 0 aromatic heterocycles. The van der Waals surface area contributed by atoms with E-state index in [4.69, 9.17) is 23.8 Å². The van der Waals surface area contributed by atoms with Gasteiger partial charge in [-0.15, -0.1) is 0 Å². The lowest BCUT2D eigenvalue weighted by atomic mass is 9.41. The van der Waals surface area contributed by atoms with Crippen LogP contribution in [0.2, 0.25) is 0 Å². The first-order valence-corrected chi connectivity index (χ1v) is 64.2. The summed E-state index contributed by atoms with van der Waals surface area (Å²) >= 11 is 0. The molecule has 11 heteroatoms. The van der Waals surface area contributed by atoms with Crippen LogP contribution >= 0.6 is 0 Å². The van der Waals surface area contributed by atoms with Crippen molar-refractivity contribution in [2.24, 2.45) is 261 Å². The Labute approximate surface area is 896 Å². The van der Waals surface area contributed by atoms with Crippen LogP contribution in [0.3, 0.4) is 0 Å². The SMILES string of the molecule is CC(=O)C1CCC2C3CCC4C[C@H](C)CCC4(C)C3CCC12C.CC(C)CCCC(C)C1CCC2C3CC=C4C[C@H](C)CCC4(C)C3CCC12C.CC(C)CCCC(C)C1CCC2C3CCC4C[C@H](C)CCC4(C)C3CCC12C.CCCC(C)C1CCC2C3C(OC(C)=O)CC4CC(OC(C)=O)CCC4(C)C3CC(OC(C)=O)C12C.CCCC(C)C1CCC2C3C(OC=O)CC4CC(C)CCC4(C)C3CC(COO)C12C. The fourth-order valence-electron chi connectivity index (χ4n) is 46.0. The van der Waals surface area contributed by atoms with Gasteiger partial charge in [-0.25, -0.2) is 4.89 Å². The molecule has 0 aliphatic heterocycles. The molecule has 0 spiro atoms. The van der Waals surface area contributed by atoms with Crippen molar-refractivity contribution in [3.05, 3.63) is 11.6 Å². The molecule has 146 heavy (non-hydrogen) atoms. The molecule has 20 aliphatic carbocycles.